The Bertz CT molecular complexity index is 921. The normalized spacial score (nSPS) is 22.7. The van der Waals surface area contributed by atoms with E-state index >= 15 is 0 Å². The second-order valence-corrected chi connectivity index (χ2v) is 7.89. The molecule has 2 aliphatic heterocycles. The molecule has 4 heterocycles. The fraction of sp³-hybridized carbons (Fsp3) is 0.316. The number of aromatic nitrogens is 2. The molecule has 1 amide bonds. The maximum absolute atomic E-state index is 12.7. The van der Waals surface area contributed by atoms with Crippen LogP contribution in [0.1, 0.15) is 29.1 Å². The van der Waals surface area contributed by atoms with Crippen LogP contribution in [0.25, 0.3) is 11.4 Å². The number of carbonyl (C=O) groups is 1. The Kier molecular flexibility index (Phi) is 4.23. The molecule has 2 N–H and O–H groups in total. The molecular formula is C19H19N5O2S. The lowest BCUT2D eigenvalue weighted by atomic mass is 9.98. The molecule has 2 aliphatic rings. The van der Waals surface area contributed by atoms with Gasteiger partial charge in [-0.2, -0.15) is 4.98 Å². The van der Waals surface area contributed by atoms with Gasteiger partial charge in [0.05, 0.1) is 12.0 Å². The monoisotopic (exact) mass is 381 g/mol. The third kappa shape index (κ3) is 3.16. The predicted octanol–water partition coefficient (Wildman–Crippen LogP) is 2.33. The van der Waals surface area contributed by atoms with E-state index in [0.29, 0.717) is 24.8 Å². The minimum Gasteiger partial charge on any atom is -0.340 e. The van der Waals surface area contributed by atoms with Crippen LogP contribution in [0.3, 0.4) is 0 Å². The van der Waals surface area contributed by atoms with Gasteiger partial charge in [-0.25, -0.2) is 10.9 Å². The summed E-state index contributed by atoms with van der Waals surface area (Å²) in [6, 6.07) is 13.9. The number of nitrogens with zero attached hydrogens (tertiary/aromatic N) is 3. The van der Waals surface area contributed by atoms with Crippen molar-refractivity contribution >= 4 is 17.2 Å². The maximum Gasteiger partial charge on any atom is 0.241 e. The zero-order valence-corrected chi connectivity index (χ0v) is 15.4. The summed E-state index contributed by atoms with van der Waals surface area (Å²) in [5.41, 5.74) is 7.30. The first-order valence-corrected chi connectivity index (χ1v) is 9.88. The highest BCUT2D eigenvalue weighted by Crippen LogP contribution is 2.31. The number of likely N-dealkylation sites (tertiary alicyclic amines) is 1. The molecule has 5 rings (SSSR count). The number of hydrogen-bond donors (Lipinski definition) is 2. The summed E-state index contributed by atoms with van der Waals surface area (Å²) >= 11 is 1.71. The third-order valence-electron chi connectivity index (χ3n) is 5.10. The van der Waals surface area contributed by atoms with E-state index in [4.69, 9.17) is 4.52 Å². The fourth-order valence-corrected chi connectivity index (χ4v) is 4.33. The van der Waals surface area contributed by atoms with Crippen LogP contribution in [0.5, 0.6) is 0 Å². The summed E-state index contributed by atoms with van der Waals surface area (Å²) in [6.45, 7) is 1.24. The van der Waals surface area contributed by atoms with Crippen LogP contribution in [-0.4, -0.2) is 40.1 Å². The van der Waals surface area contributed by atoms with E-state index in [1.165, 1.54) is 4.88 Å². The van der Waals surface area contributed by atoms with Crippen LogP contribution in [0.2, 0.25) is 0 Å². The van der Waals surface area contributed by atoms with Crippen molar-refractivity contribution in [1.29, 1.82) is 0 Å². The van der Waals surface area contributed by atoms with Crippen molar-refractivity contribution in [2.45, 2.75) is 24.4 Å². The van der Waals surface area contributed by atoms with E-state index < -0.39 is 0 Å². The quantitative estimate of drug-likeness (QED) is 0.722. The van der Waals surface area contributed by atoms with Gasteiger partial charge in [-0.05, 0) is 17.9 Å². The van der Waals surface area contributed by atoms with Crippen molar-refractivity contribution in [3.8, 4) is 11.4 Å². The predicted molar refractivity (Wildman–Crippen MR) is 101 cm³/mol. The Morgan fingerprint density at radius 3 is 2.78 bits per heavy atom. The van der Waals surface area contributed by atoms with Gasteiger partial charge in [0.25, 0.3) is 0 Å². The second kappa shape index (κ2) is 6.88. The minimum absolute atomic E-state index is 0.112. The van der Waals surface area contributed by atoms with E-state index in [1.807, 2.05) is 41.3 Å². The summed E-state index contributed by atoms with van der Waals surface area (Å²) in [6.07, 6.45) is 0.763. The van der Waals surface area contributed by atoms with Gasteiger partial charge in [0.2, 0.25) is 17.6 Å². The van der Waals surface area contributed by atoms with Crippen LogP contribution in [0, 0.1) is 0 Å². The van der Waals surface area contributed by atoms with Crippen molar-refractivity contribution in [2.75, 3.05) is 13.1 Å². The molecule has 0 radical (unpaired) electrons. The molecule has 0 spiro atoms. The highest BCUT2D eigenvalue weighted by atomic mass is 32.1. The lowest BCUT2D eigenvalue weighted by Gasteiger charge is -2.38. The van der Waals surface area contributed by atoms with Gasteiger partial charge in [0, 0.05) is 23.5 Å². The largest absolute Gasteiger partial charge is 0.340 e. The molecule has 2 aromatic heterocycles. The average Bonchev–Trinajstić information content (AvgIpc) is 3.41. The lowest BCUT2D eigenvalue weighted by molar-refractivity contribution is -0.138. The maximum atomic E-state index is 12.7. The number of thiophene rings is 1. The zero-order chi connectivity index (χ0) is 18.2. The summed E-state index contributed by atoms with van der Waals surface area (Å²) in [7, 11) is 0. The molecule has 27 heavy (non-hydrogen) atoms. The summed E-state index contributed by atoms with van der Waals surface area (Å²) < 4.78 is 5.42. The molecule has 8 heteroatoms. The van der Waals surface area contributed by atoms with E-state index in [2.05, 4.69) is 32.4 Å². The second-order valence-electron chi connectivity index (χ2n) is 6.91. The van der Waals surface area contributed by atoms with Crippen molar-refractivity contribution in [3.05, 3.63) is 58.6 Å². The van der Waals surface area contributed by atoms with Gasteiger partial charge in [0.1, 0.15) is 6.04 Å². The molecule has 3 aromatic rings. The van der Waals surface area contributed by atoms with E-state index in [0.717, 1.165) is 12.0 Å². The van der Waals surface area contributed by atoms with Gasteiger partial charge in [-0.15, -0.1) is 11.3 Å². The molecule has 7 nitrogen and oxygen atoms in total. The smallest absolute Gasteiger partial charge is 0.241 e. The molecule has 2 atom stereocenters. The van der Waals surface area contributed by atoms with Gasteiger partial charge < -0.3 is 9.42 Å². The molecular weight excluding hydrogens is 362 g/mol. The fourth-order valence-electron chi connectivity index (χ4n) is 3.53. The van der Waals surface area contributed by atoms with E-state index in [1.54, 1.807) is 11.3 Å². The number of benzene rings is 1. The topological polar surface area (TPSA) is 83.3 Å². The first-order valence-electron chi connectivity index (χ1n) is 9.00. The van der Waals surface area contributed by atoms with Gasteiger partial charge >= 0.3 is 0 Å². The van der Waals surface area contributed by atoms with Crippen molar-refractivity contribution in [3.63, 3.8) is 0 Å². The Labute approximate surface area is 160 Å². The number of carbonyl (C=O) groups excluding carboxylic acids is 1. The van der Waals surface area contributed by atoms with E-state index in [9.17, 15) is 4.79 Å². The van der Waals surface area contributed by atoms with E-state index in [-0.39, 0.29) is 23.9 Å². The zero-order valence-electron chi connectivity index (χ0n) is 14.5. The summed E-state index contributed by atoms with van der Waals surface area (Å²) in [5, 5.41) is 6.12. The molecule has 2 fully saturated rings. The third-order valence-corrected chi connectivity index (χ3v) is 6.09. The Morgan fingerprint density at radius 2 is 2.00 bits per heavy atom. The summed E-state index contributed by atoms with van der Waals surface area (Å²) in [4.78, 5) is 20.3. The lowest BCUT2D eigenvalue weighted by Crippen LogP contribution is -2.54. The van der Waals surface area contributed by atoms with Gasteiger partial charge in [-0.3, -0.25) is 4.79 Å². The molecule has 138 valence electrons. The SMILES string of the molecule is O=C(C1CC(c2cccs2)NN1)N1CC(c2nc(-c3ccccc3)no2)C1. The number of amides is 1. The Morgan fingerprint density at radius 1 is 1.15 bits per heavy atom. The number of rotatable bonds is 4. The van der Waals surface area contributed by atoms with Gasteiger partial charge in [0.15, 0.2) is 0 Å². The minimum atomic E-state index is -0.194. The first-order chi connectivity index (χ1) is 13.3. The van der Waals surface area contributed by atoms with Gasteiger partial charge in [-0.1, -0.05) is 41.6 Å². The molecule has 1 aromatic carbocycles. The summed E-state index contributed by atoms with van der Waals surface area (Å²) in [5.74, 6) is 1.43. The molecule has 2 saturated heterocycles. The molecule has 2 unspecified atom stereocenters. The number of hydrogen-bond acceptors (Lipinski definition) is 7. The van der Waals surface area contributed by atoms with Crippen LogP contribution in [0.4, 0.5) is 0 Å². The first kappa shape index (κ1) is 16.6. The standard InChI is InChI=1S/C19H19N5O2S/c25-19(15-9-14(21-22-15)16-7-4-8-27-16)24-10-13(11-24)18-20-17(23-26-18)12-5-2-1-3-6-12/h1-8,13-15,21-22H,9-11H2. The van der Waals surface area contributed by atoms with Crippen molar-refractivity contribution in [1.82, 2.24) is 25.9 Å². The highest BCUT2D eigenvalue weighted by molar-refractivity contribution is 7.10. The Balaban J connectivity index is 1.18. The number of hydrazine groups is 1. The van der Waals surface area contributed by atoms with Crippen LogP contribution in [0.15, 0.2) is 52.4 Å². The van der Waals surface area contributed by atoms with Crippen LogP contribution in [-0.2, 0) is 4.79 Å². The molecule has 0 aliphatic carbocycles. The van der Waals surface area contributed by atoms with Crippen LogP contribution < -0.4 is 10.9 Å². The number of nitrogens with one attached hydrogen (secondary N) is 2. The van der Waals surface area contributed by atoms with Crippen LogP contribution >= 0.6 is 11.3 Å². The Hall–Kier alpha value is -2.55. The molecule has 0 saturated carbocycles. The highest BCUT2D eigenvalue weighted by Gasteiger charge is 2.40. The average molecular weight is 381 g/mol. The van der Waals surface area contributed by atoms with Crippen molar-refractivity contribution < 1.29 is 9.32 Å². The molecule has 0 bridgehead atoms. The van der Waals surface area contributed by atoms with Crippen molar-refractivity contribution in [2.24, 2.45) is 0 Å².